The molecule has 20 heavy (non-hydrogen) atoms. The Morgan fingerprint density at radius 3 is 1.00 bits per heavy atom. The lowest BCUT2D eigenvalue weighted by Crippen LogP contribution is -2.45. The number of rotatable bonds is 4. The topological polar surface area (TPSA) is 52.6 Å². The molecule has 0 amide bonds. The van der Waals surface area contributed by atoms with Gasteiger partial charge in [0.1, 0.15) is 0 Å². The minimum atomic E-state index is -4.53. The molecule has 0 heterocycles. The number of alkyl halides is 10. The highest BCUT2D eigenvalue weighted by Crippen LogP contribution is 2.44. The van der Waals surface area contributed by atoms with Crippen LogP contribution in [0.4, 0.5) is 17.6 Å². The third kappa shape index (κ3) is 4.45. The lowest BCUT2D eigenvalue weighted by Gasteiger charge is -2.23. The third-order valence-electron chi connectivity index (χ3n) is 1.42. The standard InChI is InChI=1S/C6Cl6F4O4/c7-3(8,5(11,13)14)1(17)19-20-2(18)4(9,10)6(12,15)16. The number of hydrogen-bond donors (Lipinski definition) is 0. The Kier molecular flexibility index (Phi) is 6.38. The van der Waals surface area contributed by atoms with Crippen LogP contribution >= 0.6 is 69.6 Å². The summed E-state index contributed by atoms with van der Waals surface area (Å²) < 4.78 is 42.9. The van der Waals surface area contributed by atoms with Crippen molar-refractivity contribution >= 4 is 81.5 Å². The molecule has 14 heteroatoms. The smallest absolute Gasteiger partial charge is 0.244 e. The van der Waals surface area contributed by atoms with E-state index in [-0.39, 0.29) is 0 Å². The lowest BCUT2D eigenvalue weighted by molar-refractivity contribution is -0.264. The van der Waals surface area contributed by atoms with Crippen LogP contribution in [0.3, 0.4) is 0 Å². The van der Waals surface area contributed by atoms with Crippen molar-refractivity contribution in [3.63, 3.8) is 0 Å². The molecule has 0 N–H and O–H groups in total. The van der Waals surface area contributed by atoms with Crippen LogP contribution in [0, 0.1) is 0 Å². The molecule has 4 nitrogen and oxygen atoms in total. The van der Waals surface area contributed by atoms with Gasteiger partial charge in [-0.25, -0.2) is 19.4 Å². The minimum Gasteiger partial charge on any atom is -0.244 e. The summed E-state index contributed by atoms with van der Waals surface area (Å²) in [5.41, 5.74) is 0. The highest BCUT2D eigenvalue weighted by Gasteiger charge is 2.61. The summed E-state index contributed by atoms with van der Waals surface area (Å²) in [6.45, 7) is 0. The van der Waals surface area contributed by atoms with Crippen LogP contribution in [-0.4, -0.2) is 31.4 Å². The highest BCUT2D eigenvalue weighted by molar-refractivity contribution is 6.62. The van der Waals surface area contributed by atoms with E-state index in [4.69, 9.17) is 46.4 Å². The van der Waals surface area contributed by atoms with Crippen LogP contribution in [0.1, 0.15) is 0 Å². The first-order valence-electron chi connectivity index (χ1n) is 3.87. The van der Waals surface area contributed by atoms with Gasteiger partial charge in [-0.15, -0.1) is 0 Å². The summed E-state index contributed by atoms with van der Waals surface area (Å²) in [6, 6.07) is 0. The van der Waals surface area contributed by atoms with Gasteiger partial charge in [-0.2, -0.15) is 17.6 Å². The number of halogens is 10. The number of carbonyl (C=O) groups is 2. The summed E-state index contributed by atoms with van der Waals surface area (Å²) in [4.78, 5) is 28.7. The Hall–Kier alpha value is 0.400. The van der Waals surface area contributed by atoms with E-state index < -0.39 is 31.4 Å². The molecule has 0 unspecified atom stereocenters. The fourth-order valence-corrected chi connectivity index (χ4v) is 0.692. The van der Waals surface area contributed by atoms with Crippen molar-refractivity contribution in [2.75, 3.05) is 0 Å². The minimum absolute atomic E-state index is 2.30. The average molecular weight is 425 g/mol. The van der Waals surface area contributed by atoms with Crippen molar-refractivity contribution in [1.29, 1.82) is 0 Å². The normalized spacial score (nSPS) is 13.9. The molecule has 0 rings (SSSR count). The third-order valence-corrected chi connectivity index (χ3v) is 3.94. The highest BCUT2D eigenvalue weighted by atomic mass is 35.5. The van der Waals surface area contributed by atoms with Gasteiger partial charge < -0.3 is 0 Å². The van der Waals surface area contributed by atoms with Gasteiger partial charge in [0.05, 0.1) is 0 Å². The summed E-state index contributed by atoms with van der Waals surface area (Å²) in [5.74, 6) is -4.59. The largest absolute Gasteiger partial charge is 0.399 e. The maximum atomic E-state index is 12.6. The molecule has 0 spiro atoms. The monoisotopic (exact) mass is 422 g/mol. The molecule has 0 saturated heterocycles. The Bertz CT molecular complexity index is 365. The summed E-state index contributed by atoms with van der Waals surface area (Å²) in [7, 11) is 0. The van der Waals surface area contributed by atoms with Gasteiger partial charge in [0.25, 0.3) is 8.67 Å². The molecule has 0 atom stereocenters. The zero-order valence-electron chi connectivity index (χ0n) is 8.41. The molecule has 0 fully saturated rings. The second kappa shape index (κ2) is 6.26. The van der Waals surface area contributed by atoms with Crippen LogP contribution in [0.15, 0.2) is 0 Å². The Balaban J connectivity index is 4.83. The Labute approximate surface area is 138 Å². The zero-order chi connectivity index (χ0) is 16.6. The molecule has 0 aromatic heterocycles. The average Bonchev–Trinajstić information content (AvgIpc) is 2.21. The second-order valence-corrected chi connectivity index (χ2v) is 6.49. The first-order chi connectivity index (χ1) is 8.55. The molecule has 118 valence electrons. The van der Waals surface area contributed by atoms with Crippen molar-refractivity contribution in [3.8, 4) is 0 Å². The van der Waals surface area contributed by atoms with Gasteiger partial charge >= 0.3 is 22.7 Å². The summed E-state index contributed by atoms with van der Waals surface area (Å²) in [5, 5.41) is -9.07. The number of hydrogen-bond acceptors (Lipinski definition) is 4. The van der Waals surface area contributed by atoms with Crippen molar-refractivity contribution < 1.29 is 36.9 Å². The zero-order valence-corrected chi connectivity index (χ0v) is 12.9. The van der Waals surface area contributed by atoms with E-state index in [1.54, 1.807) is 0 Å². The molecule has 0 aromatic rings. The maximum absolute atomic E-state index is 12.6. The van der Waals surface area contributed by atoms with E-state index in [0.29, 0.717) is 0 Å². The Morgan fingerprint density at radius 1 is 0.650 bits per heavy atom. The van der Waals surface area contributed by atoms with E-state index in [1.165, 1.54) is 0 Å². The van der Waals surface area contributed by atoms with Crippen molar-refractivity contribution in [1.82, 2.24) is 0 Å². The molecular weight excluding hydrogens is 425 g/mol. The van der Waals surface area contributed by atoms with Crippen molar-refractivity contribution in [3.05, 3.63) is 0 Å². The molecular formula is C6Cl6F4O4. The van der Waals surface area contributed by atoms with E-state index >= 15 is 0 Å². The second-order valence-electron chi connectivity index (χ2n) is 2.89. The summed E-state index contributed by atoms with van der Waals surface area (Å²) in [6.07, 6.45) is 0. The SMILES string of the molecule is O=C(OOC(=O)C(Cl)(Cl)C(F)(F)Cl)C(Cl)(Cl)C(F)(F)Cl. The lowest BCUT2D eigenvalue weighted by atomic mass is 10.4. The van der Waals surface area contributed by atoms with Gasteiger partial charge in [-0.3, -0.25) is 0 Å². The van der Waals surface area contributed by atoms with Gasteiger partial charge in [0.2, 0.25) is 0 Å². The molecule has 0 bridgehead atoms. The molecule has 0 saturated carbocycles. The fraction of sp³-hybridized carbons (Fsp3) is 0.667. The van der Waals surface area contributed by atoms with Crippen LogP contribution in [0.5, 0.6) is 0 Å². The predicted octanol–water partition coefficient (Wildman–Crippen LogP) is 4.00. The molecule has 0 aromatic carbocycles. The quantitative estimate of drug-likeness (QED) is 0.296. The van der Waals surface area contributed by atoms with Crippen LogP contribution in [0.2, 0.25) is 0 Å². The maximum Gasteiger partial charge on any atom is 0.399 e. The first kappa shape index (κ1) is 20.4. The number of carbonyl (C=O) groups excluding carboxylic acids is 2. The van der Waals surface area contributed by atoms with Crippen molar-refractivity contribution in [2.45, 2.75) is 19.4 Å². The fourth-order valence-electron chi connectivity index (χ4n) is 0.412. The molecule has 0 aliphatic rings. The first-order valence-corrected chi connectivity index (χ1v) is 6.14. The van der Waals surface area contributed by atoms with Crippen LogP contribution in [0.25, 0.3) is 0 Å². The molecule has 0 radical (unpaired) electrons. The van der Waals surface area contributed by atoms with E-state index in [1.807, 2.05) is 0 Å². The molecule has 0 aliphatic carbocycles. The van der Waals surface area contributed by atoms with E-state index in [2.05, 4.69) is 33.0 Å². The van der Waals surface area contributed by atoms with E-state index in [0.717, 1.165) is 0 Å². The van der Waals surface area contributed by atoms with Crippen molar-refractivity contribution in [2.24, 2.45) is 0 Å². The van der Waals surface area contributed by atoms with Gasteiger partial charge in [-0.05, 0) is 23.2 Å². The van der Waals surface area contributed by atoms with Gasteiger partial charge in [0.15, 0.2) is 0 Å². The molecule has 0 aliphatic heterocycles. The van der Waals surface area contributed by atoms with E-state index in [9.17, 15) is 27.2 Å². The Morgan fingerprint density at radius 2 is 0.850 bits per heavy atom. The van der Waals surface area contributed by atoms with Crippen LogP contribution < -0.4 is 0 Å². The van der Waals surface area contributed by atoms with Gasteiger partial charge in [-0.1, -0.05) is 46.4 Å². The summed E-state index contributed by atoms with van der Waals surface area (Å²) >= 11 is 28.0. The van der Waals surface area contributed by atoms with Gasteiger partial charge in [0, 0.05) is 0 Å². The predicted molar refractivity (Wildman–Crippen MR) is 62.7 cm³/mol. The van der Waals surface area contributed by atoms with Crippen LogP contribution in [-0.2, 0) is 19.4 Å².